The molecule has 1 aromatic rings. The number of amides is 1. The van der Waals surface area contributed by atoms with Gasteiger partial charge in [0.2, 0.25) is 15.9 Å². The summed E-state index contributed by atoms with van der Waals surface area (Å²) in [7, 11) is -2.35. The molecular weight excluding hydrogens is 292 g/mol. The Morgan fingerprint density at radius 2 is 2.14 bits per heavy atom. The molecule has 0 saturated carbocycles. The van der Waals surface area contributed by atoms with Crippen molar-refractivity contribution in [1.29, 1.82) is 5.26 Å². The number of nitriles is 1. The number of anilines is 1. The molecule has 0 spiro atoms. The van der Waals surface area contributed by atoms with Crippen LogP contribution < -0.4 is 10.5 Å². The molecule has 3 N–H and O–H groups in total. The van der Waals surface area contributed by atoms with E-state index in [-0.39, 0.29) is 22.1 Å². The van der Waals surface area contributed by atoms with E-state index in [0.717, 1.165) is 0 Å². The molecule has 1 aromatic carbocycles. The molecule has 21 heavy (non-hydrogen) atoms. The van der Waals surface area contributed by atoms with Gasteiger partial charge in [0.15, 0.2) is 0 Å². The van der Waals surface area contributed by atoms with Crippen LogP contribution in [0.2, 0.25) is 0 Å². The quantitative estimate of drug-likeness (QED) is 0.758. The van der Waals surface area contributed by atoms with E-state index >= 15 is 0 Å². The van der Waals surface area contributed by atoms with Gasteiger partial charge in [-0.1, -0.05) is 0 Å². The summed E-state index contributed by atoms with van der Waals surface area (Å²) in [4.78, 5) is 13.2. The van der Waals surface area contributed by atoms with Crippen molar-refractivity contribution in [2.75, 3.05) is 19.3 Å². The second-order valence-electron chi connectivity index (χ2n) is 4.56. The fourth-order valence-corrected chi connectivity index (χ4v) is 3.01. The summed E-state index contributed by atoms with van der Waals surface area (Å²) in [6.45, 7) is 3.73. The van der Waals surface area contributed by atoms with Crippen LogP contribution in [0.4, 0.5) is 5.69 Å². The molecule has 0 saturated heterocycles. The summed E-state index contributed by atoms with van der Waals surface area (Å²) in [5.74, 6) is -0.340. The minimum Gasteiger partial charge on any atom is -0.398 e. The summed E-state index contributed by atoms with van der Waals surface area (Å²) < 4.78 is 26.8. The van der Waals surface area contributed by atoms with Crippen LogP contribution in [0.1, 0.15) is 19.4 Å². The van der Waals surface area contributed by atoms with Gasteiger partial charge in [-0.25, -0.2) is 8.42 Å². The first-order valence-electron chi connectivity index (χ1n) is 6.29. The Hall–Kier alpha value is -2.11. The Balaban J connectivity index is 3.03. The standard InChI is InChI=1S/C13H18N4O3S/c1-4-17(3)13(18)9(2)16-21(19,20)12-6-5-10(8-14)7-11(12)15/h5-7,9,16H,4,15H2,1-3H3. The van der Waals surface area contributed by atoms with Gasteiger partial charge in [-0.2, -0.15) is 9.98 Å². The molecule has 0 aliphatic heterocycles. The first-order chi connectivity index (χ1) is 9.72. The number of carbonyl (C=O) groups excluding carboxylic acids is 1. The zero-order chi connectivity index (χ0) is 16.2. The number of likely N-dealkylation sites (N-methyl/N-ethyl adjacent to an activating group) is 1. The molecule has 0 bridgehead atoms. The number of carbonyl (C=O) groups is 1. The number of sulfonamides is 1. The maximum Gasteiger partial charge on any atom is 0.243 e. The van der Waals surface area contributed by atoms with Crippen LogP contribution in [0.5, 0.6) is 0 Å². The van der Waals surface area contributed by atoms with E-state index in [1.54, 1.807) is 14.0 Å². The lowest BCUT2D eigenvalue weighted by Gasteiger charge is -2.20. The zero-order valence-corrected chi connectivity index (χ0v) is 12.9. The SMILES string of the molecule is CCN(C)C(=O)C(C)NS(=O)(=O)c1ccc(C#N)cc1N. The van der Waals surface area contributed by atoms with Gasteiger partial charge < -0.3 is 10.6 Å². The lowest BCUT2D eigenvalue weighted by atomic mass is 10.2. The van der Waals surface area contributed by atoms with Gasteiger partial charge in [0.1, 0.15) is 4.90 Å². The summed E-state index contributed by atoms with van der Waals surface area (Å²) in [5.41, 5.74) is 5.88. The third-order valence-corrected chi connectivity index (χ3v) is 4.60. The highest BCUT2D eigenvalue weighted by Gasteiger charge is 2.25. The third-order valence-electron chi connectivity index (χ3n) is 2.98. The summed E-state index contributed by atoms with van der Waals surface area (Å²) >= 11 is 0. The van der Waals surface area contributed by atoms with E-state index in [0.29, 0.717) is 6.54 Å². The van der Waals surface area contributed by atoms with Crippen LogP contribution >= 0.6 is 0 Å². The fraction of sp³-hybridized carbons (Fsp3) is 0.385. The van der Waals surface area contributed by atoms with Crippen LogP contribution in [0.15, 0.2) is 23.1 Å². The number of nitrogen functional groups attached to an aromatic ring is 1. The molecule has 0 fully saturated rings. The summed E-state index contributed by atoms with van der Waals surface area (Å²) in [6.07, 6.45) is 0. The number of hydrogen-bond acceptors (Lipinski definition) is 5. The molecule has 114 valence electrons. The summed E-state index contributed by atoms with van der Waals surface area (Å²) in [6, 6.07) is 4.85. The summed E-state index contributed by atoms with van der Waals surface area (Å²) in [5, 5.41) is 8.74. The van der Waals surface area contributed by atoms with Crippen molar-refractivity contribution in [2.45, 2.75) is 24.8 Å². The Labute approximate surface area is 124 Å². The molecule has 0 aromatic heterocycles. The topological polar surface area (TPSA) is 116 Å². The van der Waals surface area contributed by atoms with Gasteiger partial charge in [-0.3, -0.25) is 4.79 Å². The highest BCUT2D eigenvalue weighted by atomic mass is 32.2. The normalized spacial score (nSPS) is 12.5. The Morgan fingerprint density at radius 3 is 2.62 bits per heavy atom. The predicted octanol–water partition coefficient (Wildman–Crippen LogP) is 0.286. The molecule has 8 heteroatoms. The highest BCUT2D eigenvalue weighted by molar-refractivity contribution is 7.89. The number of nitrogens with zero attached hydrogens (tertiary/aromatic N) is 2. The van der Waals surface area contributed by atoms with Gasteiger partial charge in [0, 0.05) is 13.6 Å². The van der Waals surface area contributed by atoms with E-state index in [9.17, 15) is 13.2 Å². The van der Waals surface area contributed by atoms with Crippen LogP contribution in [-0.2, 0) is 14.8 Å². The van der Waals surface area contributed by atoms with E-state index in [1.165, 1.54) is 30.0 Å². The van der Waals surface area contributed by atoms with Gasteiger partial charge in [0.25, 0.3) is 0 Å². The molecule has 7 nitrogen and oxygen atoms in total. The first kappa shape index (κ1) is 16.9. The van der Waals surface area contributed by atoms with Gasteiger partial charge in [-0.05, 0) is 32.0 Å². The van der Waals surface area contributed by atoms with E-state index < -0.39 is 16.1 Å². The molecule has 1 atom stereocenters. The van der Waals surface area contributed by atoms with Crippen LogP contribution in [0.3, 0.4) is 0 Å². The van der Waals surface area contributed by atoms with Crippen molar-refractivity contribution >= 4 is 21.6 Å². The molecule has 1 unspecified atom stereocenters. The zero-order valence-electron chi connectivity index (χ0n) is 12.1. The maximum absolute atomic E-state index is 12.2. The second-order valence-corrected chi connectivity index (χ2v) is 6.24. The van der Waals surface area contributed by atoms with Crippen LogP contribution in [-0.4, -0.2) is 38.9 Å². The minimum atomic E-state index is -3.93. The fourth-order valence-electron chi connectivity index (χ4n) is 1.70. The van der Waals surface area contributed by atoms with Crippen molar-refractivity contribution in [3.05, 3.63) is 23.8 Å². The Bertz CT molecular complexity index is 679. The largest absolute Gasteiger partial charge is 0.398 e. The number of nitrogens with two attached hydrogens (primary N) is 1. The van der Waals surface area contributed by atoms with Gasteiger partial charge >= 0.3 is 0 Å². The average molecular weight is 310 g/mol. The molecule has 0 heterocycles. The van der Waals surface area contributed by atoms with E-state index in [2.05, 4.69) is 4.72 Å². The van der Waals surface area contributed by atoms with E-state index in [4.69, 9.17) is 11.0 Å². The van der Waals surface area contributed by atoms with Crippen molar-refractivity contribution in [2.24, 2.45) is 0 Å². The number of nitrogens with one attached hydrogen (secondary N) is 1. The lowest BCUT2D eigenvalue weighted by Crippen LogP contribution is -2.45. The molecule has 0 radical (unpaired) electrons. The molecular formula is C13H18N4O3S. The van der Waals surface area contributed by atoms with Crippen molar-refractivity contribution < 1.29 is 13.2 Å². The predicted molar refractivity (Wildman–Crippen MR) is 78.7 cm³/mol. The molecule has 1 amide bonds. The first-order valence-corrected chi connectivity index (χ1v) is 7.78. The lowest BCUT2D eigenvalue weighted by molar-refractivity contribution is -0.131. The van der Waals surface area contributed by atoms with Crippen molar-refractivity contribution in [3.63, 3.8) is 0 Å². The van der Waals surface area contributed by atoms with Crippen LogP contribution in [0.25, 0.3) is 0 Å². The number of rotatable bonds is 5. The van der Waals surface area contributed by atoms with Gasteiger partial charge in [0.05, 0.1) is 23.4 Å². The molecule has 1 rings (SSSR count). The number of hydrogen-bond donors (Lipinski definition) is 2. The van der Waals surface area contributed by atoms with Crippen molar-refractivity contribution in [3.8, 4) is 6.07 Å². The van der Waals surface area contributed by atoms with Crippen LogP contribution in [0, 0.1) is 11.3 Å². The smallest absolute Gasteiger partial charge is 0.243 e. The highest BCUT2D eigenvalue weighted by Crippen LogP contribution is 2.19. The Morgan fingerprint density at radius 1 is 1.52 bits per heavy atom. The average Bonchev–Trinajstić information content (AvgIpc) is 2.44. The number of benzene rings is 1. The Kier molecular flexibility index (Phi) is 5.29. The second kappa shape index (κ2) is 6.56. The van der Waals surface area contributed by atoms with E-state index in [1.807, 2.05) is 6.07 Å². The maximum atomic E-state index is 12.2. The monoisotopic (exact) mass is 310 g/mol. The van der Waals surface area contributed by atoms with Crippen molar-refractivity contribution in [1.82, 2.24) is 9.62 Å². The molecule has 0 aliphatic carbocycles. The third kappa shape index (κ3) is 3.93. The minimum absolute atomic E-state index is 0.0370. The van der Waals surface area contributed by atoms with Gasteiger partial charge in [-0.15, -0.1) is 0 Å². The molecule has 0 aliphatic rings.